The molecule has 5 heteroatoms. The average molecular weight is 252 g/mol. The molecule has 2 amide bonds. The summed E-state index contributed by atoms with van der Waals surface area (Å²) in [5.41, 5.74) is -1.00. The van der Waals surface area contributed by atoms with Crippen LogP contribution in [0.1, 0.15) is 40.5 Å². The van der Waals surface area contributed by atoms with E-state index in [1.165, 1.54) is 22.1 Å². The van der Waals surface area contributed by atoms with E-state index in [-0.39, 0.29) is 23.4 Å². The van der Waals surface area contributed by atoms with Gasteiger partial charge in [-0.2, -0.15) is 5.06 Å². The molecule has 2 aliphatic heterocycles. The van der Waals surface area contributed by atoms with Crippen molar-refractivity contribution in [3.63, 3.8) is 0 Å². The molecule has 2 heterocycles. The minimum Gasteiger partial charge on any atom is -0.313 e. The van der Waals surface area contributed by atoms with Crippen LogP contribution in [-0.2, 0) is 9.59 Å². The van der Waals surface area contributed by atoms with Gasteiger partial charge in [0.2, 0.25) is 0 Å². The van der Waals surface area contributed by atoms with Crippen molar-refractivity contribution in [3.05, 3.63) is 12.2 Å². The molecular formula is C13H20N2O3. The molecule has 0 saturated carbocycles. The summed E-state index contributed by atoms with van der Waals surface area (Å²) < 4.78 is 0. The summed E-state index contributed by atoms with van der Waals surface area (Å²) >= 11 is 0. The topological polar surface area (TPSA) is 60.9 Å². The van der Waals surface area contributed by atoms with Crippen LogP contribution in [0, 0.1) is 0 Å². The smallest absolute Gasteiger partial charge is 0.253 e. The fourth-order valence-electron chi connectivity index (χ4n) is 3.03. The Morgan fingerprint density at radius 3 is 2.17 bits per heavy atom. The highest BCUT2D eigenvalue weighted by Gasteiger charge is 2.51. The summed E-state index contributed by atoms with van der Waals surface area (Å²) in [5, 5.41) is 11.6. The number of piperidine rings is 1. The van der Waals surface area contributed by atoms with Crippen LogP contribution < -0.4 is 0 Å². The van der Waals surface area contributed by atoms with Crippen molar-refractivity contribution in [2.24, 2.45) is 0 Å². The second kappa shape index (κ2) is 3.90. The summed E-state index contributed by atoms with van der Waals surface area (Å²) in [4.78, 5) is 24.8. The van der Waals surface area contributed by atoms with Gasteiger partial charge in [0.25, 0.3) is 11.8 Å². The van der Waals surface area contributed by atoms with Crippen molar-refractivity contribution in [1.82, 2.24) is 9.96 Å². The Kier molecular flexibility index (Phi) is 2.87. The number of hydroxylamine groups is 2. The van der Waals surface area contributed by atoms with Gasteiger partial charge in [0.1, 0.15) is 0 Å². The number of carbonyl (C=O) groups is 2. The van der Waals surface area contributed by atoms with Gasteiger partial charge in [0.15, 0.2) is 0 Å². The van der Waals surface area contributed by atoms with Gasteiger partial charge >= 0.3 is 0 Å². The zero-order valence-corrected chi connectivity index (χ0v) is 11.3. The van der Waals surface area contributed by atoms with E-state index in [1.807, 2.05) is 27.7 Å². The molecule has 1 atom stereocenters. The molecule has 2 aliphatic rings. The summed E-state index contributed by atoms with van der Waals surface area (Å²) in [6.07, 6.45) is 4.02. The molecule has 0 spiro atoms. The SMILES string of the molecule is CC1(C)CCC(N2C(=O)C=CC2=O)C(C)(C)N1O. The molecule has 2 rings (SSSR count). The van der Waals surface area contributed by atoms with E-state index in [4.69, 9.17) is 0 Å². The van der Waals surface area contributed by atoms with Gasteiger partial charge in [-0.1, -0.05) is 0 Å². The van der Waals surface area contributed by atoms with Crippen LogP contribution in [-0.4, -0.2) is 44.1 Å². The number of hydrogen-bond donors (Lipinski definition) is 1. The summed E-state index contributed by atoms with van der Waals surface area (Å²) in [6.45, 7) is 7.63. The summed E-state index contributed by atoms with van der Waals surface area (Å²) in [7, 11) is 0. The molecule has 0 aromatic rings. The highest BCUT2D eigenvalue weighted by atomic mass is 16.5. The molecule has 1 unspecified atom stereocenters. The fraction of sp³-hybridized carbons (Fsp3) is 0.692. The molecule has 1 saturated heterocycles. The van der Waals surface area contributed by atoms with Crippen LogP contribution in [0.5, 0.6) is 0 Å². The first-order valence-electron chi connectivity index (χ1n) is 6.22. The maximum absolute atomic E-state index is 11.8. The van der Waals surface area contributed by atoms with Gasteiger partial charge in [-0.3, -0.25) is 14.5 Å². The normalized spacial score (nSPS) is 31.2. The highest BCUT2D eigenvalue weighted by Crippen LogP contribution is 2.39. The third-order valence-electron chi connectivity index (χ3n) is 4.12. The van der Waals surface area contributed by atoms with Crippen LogP contribution in [0.2, 0.25) is 0 Å². The second-order valence-electron chi connectivity index (χ2n) is 6.21. The van der Waals surface area contributed by atoms with Crippen molar-refractivity contribution in [3.8, 4) is 0 Å². The Morgan fingerprint density at radius 1 is 1.17 bits per heavy atom. The Morgan fingerprint density at radius 2 is 1.67 bits per heavy atom. The van der Waals surface area contributed by atoms with Crippen LogP contribution >= 0.6 is 0 Å². The molecular weight excluding hydrogens is 232 g/mol. The lowest BCUT2D eigenvalue weighted by Gasteiger charge is -2.54. The van der Waals surface area contributed by atoms with E-state index in [2.05, 4.69) is 0 Å². The van der Waals surface area contributed by atoms with Crippen molar-refractivity contribution in [1.29, 1.82) is 0 Å². The lowest BCUT2D eigenvalue weighted by Crippen LogP contribution is -2.67. The fourth-order valence-corrected chi connectivity index (χ4v) is 3.03. The second-order valence-corrected chi connectivity index (χ2v) is 6.21. The van der Waals surface area contributed by atoms with Gasteiger partial charge in [-0.25, -0.2) is 0 Å². The number of amides is 2. The monoisotopic (exact) mass is 252 g/mol. The van der Waals surface area contributed by atoms with Crippen molar-refractivity contribution < 1.29 is 14.8 Å². The Bertz CT molecular complexity index is 408. The van der Waals surface area contributed by atoms with Gasteiger partial charge in [-0.15, -0.1) is 0 Å². The molecule has 1 N–H and O–H groups in total. The molecule has 0 aromatic carbocycles. The number of imide groups is 1. The molecule has 0 aliphatic carbocycles. The van der Waals surface area contributed by atoms with E-state index < -0.39 is 5.54 Å². The third kappa shape index (κ3) is 1.78. The van der Waals surface area contributed by atoms with E-state index in [0.717, 1.165) is 6.42 Å². The number of nitrogens with zero attached hydrogens (tertiary/aromatic N) is 2. The first-order valence-corrected chi connectivity index (χ1v) is 6.22. The van der Waals surface area contributed by atoms with Crippen LogP contribution in [0.4, 0.5) is 0 Å². The molecule has 0 aromatic heterocycles. The van der Waals surface area contributed by atoms with Crippen molar-refractivity contribution >= 4 is 11.8 Å². The molecule has 5 nitrogen and oxygen atoms in total. The van der Waals surface area contributed by atoms with E-state index >= 15 is 0 Å². The van der Waals surface area contributed by atoms with Gasteiger partial charge in [0, 0.05) is 17.7 Å². The lowest BCUT2D eigenvalue weighted by molar-refractivity contribution is -0.257. The first-order chi connectivity index (χ1) is 8.18. The minimum absolute atomic E-state index is 0.286. The molecule has 100 valence electrons. The molecule has 1 fully saturated rings. The standard InChI is InChI=1S/C13H20N2O3/c1-12(2)8-7-9(13(3,4)15(12)18)14-10(16)5-6-11(14)17/h5-6,9,18H,7-8H2,1-4H3. The van der Waals surface area contributed by atoms with Crippen LogP contribution in [0.3, 0.4) is 0 Å². The lowest BCUT2D eigenvalue weighted by atomic mass is 9.77. The van der Waals surface area contributed by atoms with Gasteiger partial charge in [0.05, 0.1) is 11.6 Å². The van der Waals surface area contributed by atoms with Crippen LogP contribution in [0.15, 0.2) is 12.2 Å². The van der Waals surface area contributed by atoms with Gasteiger partial charge < -0.3 is 5.21 Å². The Balaban J connectivity index is 2.31. The largest absolute Gasteiger partial charge is 0.313 e. The quantitative estimate of drug-likeness (QED) is 0.715. The predicted molar refractivity (Wildman–Crippen MR) is 65.8 cm³/mol. The molecule has 0 bridgehead atoms. The van der Waals surface area contributed by atoms with Crippen molar-refractivity contribution in [2.75, 3.05) is 0 Å². The Labute approximate surface area is 107 Å². The third-order valence-corrected chi connectivity index (χ3v) is 4.12. The van der Waals surface area contributed by atoms with Crippen LogP contribution in [0.25, 0.3) is 0 Å². The summed E-state index contributed by atoms with van der Waals surface area (Å²) in [6, 6.07) is -0.300. The highest BCUT2D eigenvalue weighted by molar-refractivity contribution is 6.13. The zero-order valence-electron chi connectivity index (χ0n) is 11.3. The predicted octanol–water partition coefficient (Wildman–Crippen LogP) is 1.32. The zero-order chi connectivity index (χ0) is 13.7. The number of hydrogen-bond acceptors (Lipinski definition) is 4. The van der Waals surface area contributed by atoms with E-state index in [0.29, 0.717) is 6.42 Å². The minimum atomic E-state index is -0.654. The molecule has 0 radical (unpaired) electrons. The number of rotatable bonds is 1. The maximum atomic E-state index is 11.8. The molecule has 18 heavy (non-hydrogen) atoms. The maximum Gasteiger partial charge on any atom is 0.253 e. The van der Waals surface area contributed by atoms with Crippen molar-refractivity contribution in [2.45, 2.75) is 57.7 Å². The summed E-state index contributed by atoms with van der Waals surface area (Å²) in [5.74, 6) is -0.572. The Hall–Kier alpha value is -1.20. The first kappa shape index (κ1) is 13.2. The van der Waals surface area contributed by atoms with E-state index in [1.54, 1.807) is 0 Å². The van der Waals surface area contributed by atoms with Gasteiger partial charge in [-0.05, 0) is 40.5 Å². The van der Waals surface area contributed by atoms with E-state index in [9.17, 15) is 14.8 Å². The average Bonchev–Trinajstić information content (AvgIpc) is 2.57. The number of carbonyl (C=O) groups excluding carboxylic acids is 2.